The van der Waals surface area contributed by atoms with Gasteiger partial charge in [-0.2, -0.15) is 9.41 Å². The third-order valence-corrected chi connectivity index (χ3v) is 9.07. The fourth-order valence-electron chi connectivity index (χ4n) is 4.23. The highest BCUT2D eigenvalue weighted by atomic mass is 32.2. The van der Waals surface area contributed by atoms with Gasteiger partial charge in [-0.15, -0.1) is 11.3 Å². The average molecular weight is 596 g/mol. The predicted molar refractivity (Wildman–Crippen MR) is 156 cm³/mol. The second kappa shape index (κ2) is 12.6. The maximum absolute atomic E-state index is 13.0. The average Bonchev–Trinajstić information content (AvgIpc) is 3.42. The van der Waals surface area contributed by atoms with Gasteiger partial charge in [-0.25, -0.2) is 18.1 Å². The first-order valence-corrected chi connectivity index (χ1v) is 14.9. The summed E-state index contributed by atoms with van der Waals surface area (Å²) in [6.07, 6.45) is 5.10. The summed E-state index contributed by atoms with van der Waals surface area (Å²) in [6.45, 7) is 1.45. The first kappa shape index (κ1) is 28.5. The molecule has 2 aromatic carbocycles. The lowest BCUT2D eigenvalue weighted by molar-refractivity contribution is 0.0730. The van der Waals surface area contributed by atoms with Crippen LogP contribution >= 0.6 is 11.3 Å². The first-order chi connectivity index (χ1) is 19.9. The number of benzene rings is 2. The van der Waals surface area contributed by atoms with Crippen LogP contribution in [-0.4, -0.2) is 76.2 Å². The number of nitrogens with zero attached hydrogens (tertiary/aromatic N) is 5. The molecule has 0 spiro atoms. The number of hydrogen-bond donors (Lipinski definition) is 0. The molecule has 1 aliphatic rings. The summed E-state index contributed by atoms with van der Waals surface area (Å²) in [7, 11) is 1.08. The van der Waals surface area contributed by atoms with Crippen molar-refractivity contribution >= 4 is 33.3 Å². The minimum absolute atomic E-state index is 0.214. The van der Waals surface area contributed by atoms with Gasteiger partial charge in [0.2, 0.25) is 20.6 Å². The summed E-state index contributed by atoms with van der Waals surface area (Å²) in [5.41, 5.74) is 2.95. The summed E-state index contributed by atoms with van der Waals surface area (Å²) in [5.74, 6) is 1.50. The number of aromatic nitrogens is 2. The van der Waals surface area contributed by atoms with E-state index in [0.717, 1.165) is 16.8 Å². The van der Waals surface area contributed by atoms with Gasteiger partial charge in [0.1, 0.15) is 0 Å². The van der Waals surface area contributed by atoms with E-state index < -0.39 is 10.0 Å². The van der Waals surface area contributed by atoms with Crippen LogP contribution in [0.25, 0.3) is 11.3 Å². The summed E-state index contributed by atoms with van der Waals surface area (Å²) < 4.78 is 51.1. The van der Waals surface area contributed by atoms with Crippen LogP contribution in [0.1, 0.15) is 5.56 Å². The number of ether oxygens (including phenoxy) is 4. The zero-order valence-electron chi connectivity index (χ0n) is 22.8. The van der Waals surface area contributed by atoms with Crippen molar-refractivity contribution in [1.29, 1.82) is 0 Å². The molecule has 0 saturated carbocycles. The molecule has 13 heteroatoms. The van der Waals surface area contributed by atoms with E-state index in [4.69, 9.17) is 29.0 Å². The zero-order chi connectivity index (χ0) is 28.8. The maximum atomic E-state index is 13.0. The molecule has 0 atom stereocenters. The van der Waals surface area contributed by atoms with Crippen molar-refractivity contribution < 1.29 is 27.4 Å². The highest BCUT2D eigenvalue weighted by Gasteiger charge is 2.26. The Morgan fingerprint density at radius 3 is 2.22 bits per heavy atom. The van der Waals surface area contributed by atoms with E-state index in [2.05, 4.69) is 4.98 Å². The minimum atomic E-state index is -3.60. The fraction of sp³-hybridized carbons (Fsp3) is 0.250. The standard InChI is InChI=1S/C28H29N5O6S2/c1-36-25-16-21(17-26(37-2)27(25)38-3)24-19-40-28(33(24)30-18-20-8-10-29-11-9-20)31-22-4-6-23(7-5-22)41(34,35)32-12-14-39-15-13-32/h4-11,16-19H,12-15H2,1-3H3. The van der Waals surface area contributed by atoms with Gasteiger partial charge in [0.05, 0.1) is 57.0 Å². The Kier molecular flexibility index (Phi) is 8.78. The molecule has 0 amide bonds. The van der Waals surface area contributed by atoms with Crippen LogP contribution in [-0.2, 0) is 14.8 Å². The second-order valence-electron chi connectivity index (χ2n) is 8.78. The van der Waals surface area contributed by atoms with E-state index in [-0.39, 0.29) is 4.90 Å². The lowest BCUT2D eigenvalue weighted by Crippen LogP contribution is -2.40. The van der Waals surface area contributed by atoms with Crippen molar-refractivity contribution in [2.75, 3.05) is 47.6 Å². The van der Waals surface area contributed by atoms with E-state index in [1.54, 1.807) is 68.9 Å². The van der Waals surface area contributed by atoms with Crippen molar-refractivity contribution in [2.45, 2.75) is 4.90 Å². The zero-order valence-corrected chi connectivity index (χ0v) is 24.4. The molecular weight excluding hydrogens is 566 g/mol. The monoisotopic (exact) mass is 595 g/mol. The number of hydrogen-bond acceptors (Lipinski definition) is 10. The number of sulfonamides is 1. The van der Waals surface area contributed by atoms with Gasteiger partial charge in [0.25, 0.3) is 0 Å². The van der Waals surface area contributed by atoms with Gasteiger partial charge in [-0.3, -0.25) is 4.98 Å². The molecule has 0 unspecified atom stereocenters. The Hall–Kier alpha value is -4.04. The third-order valence-electron chi connectivity index (χ3n) is 6.34. The van der Waals surface area contributed by atoms with Crippen molar-refractivity contribution in [1.82, 2.24) is 14.0 Å². The fourth-order valence-corrected chi connectivity index (χ4v) is 6.49. The molecule has 0 radical (unpaired) electrons. The number of methoxy groups -OCH3 is 3. The molecule has 3 heterocycles. The second-order valence-corrected chi connectivity index (χ2v) is 11.6. The van der Waals surface area contributed by atoms with Crippen molar-refractivity contribution in [3.63, 3.8) is 0 Å². The van der Waals surface area contributed by atoms with Crippen LogP contribution in [0.15, 0.2) is 81.3 Å². The molecule has 0 aliphatic carbocycles. The molecule has 214 valence electrons. The molecule has 11 nitrogen and oxygen atoms in total. The van der Waals surface area contributed by atoms with Crippen LogP contribution in [0.3, 0.4) is 0 Å². The van der Waals surface area contributed by atoms with E-state index in [0.29, 0.717) is 54.0 Å². The van der Waals surface area contributed by atoms with E-state index >= 15 is 0 Å². The SMILES string of the molecule is COc1cc(-c2csc(=Nc3ccc(S(=O)(=O)N4CCOCC4)cc3)n2N=Cc2ccncc2)cc(OC)c1OC. The Bertz CT molecular complexity index is 1670. The number of morpholine rings is 1. The van der Waals surface area contributed by atoms with Gasteiger partial charge in [-0.1, -0.05) is 0 Å². The first-order valence-electron chi connectivity index (χ1n) is 12.6. The van der Waals surface area contributed by atoms with Crippen molar-refractivity contribution in [3.8, 4) is 28.5 Å². The van der Waals surface area contributed by atoms with Crippen LogP contribution < -0.4 is 19.0 Å². The molecule has 0 N–H and O–H groups in total. The van der Waals surface area contributed by atoms with Gasteiger partial charge in [0.15, 0.2) is 11.5 Å². The van der Waals surface area contributed by atoms with Crippen LogP contribution in [0, 0.1) is 0 Å². The molecule has 1 aliphatic heterocycles. The molecule has 4 aromatic rings. The Balaban J connectivity index is 1.57. The van der Waals surface area contributed by atoms with Crippen molar-refractivity contribution in [3.05, 3.63) is 76.7 Å². The van der Waals surface area contributed by atoms with Crippen LogP contribution in [0.4, 0.5) is 5.69 Å². The Morgan fingerprint density at radius 2 is 1.61 bits per heavy atom. The quantitative estimate of drug-likeness (QED) is 0.271. The normalized spacial score (nSPS) is 14.9. The lowest BCUT2D eigenvalue weighted by atomic mass is 10.1. The topological polar surface area (TPSA) is 117 Å². The summed E-state index contributed by atoms with van der Waals surface area (Å²) >= 11 is 1.39. The Morgan fingerprint density at radius 1 is 0.951 bits per heavy atom. The molecular formula is C28H29N5O6S2. The molecule has 2 aromatic heterocycles. The van der Waals surface area contributed by atoms with Gasteiger partial charge < -0.3 is 18.9 Å². The predicted octanol–water partition coefficient (Wildman–Crippen LogP) is 3.77. The highest BCUT2D eigenvalue weighted by Crippen LogP contribution is 2.41. The maximum Gasteiger partial charge on any atom is 0.243 e. The minimum Gasteiger partial charge on any atom is -0.493 e. The molecule has 41 heavy (non-hydrogen) atoms. The van der Waals surface area contributed by atoms with E-state index in [1.807, 2.05) is 29.6 Å². The third kappa shape index (κ3) is 6.17. The summed E-state index contributed by atoms with van der Waals surface area (Å²) in [4.78, 5) is 9.64. The molecule has 5 rings (SSSR count). The lowest BCUT2D eigenvalue weighted by Gasteiger charge is -2.26. The largest absolute Gasteiger partial charge is 0.493 e. The molecule has 0 bridgehead atoms. The number of rotatable bonds is 9. The molecule has 1 saturated heterocycles. The Labute approximate surface area is 242 Å². The smallest absolute Gasteiger partial charge is 0.243 e. The summed E-state index contributed by atoms with van der Waals surface area (Å²) in [5, 5.41) is 6.66. The number of pyridine rings is 1. The van der Waals surface area contributed by atoms with E-state index in [1.165, 1.54) is 15.6 Å². The highest BCUT2D eigenvalue weighted by molar-refractivity contribution is 7.89. The van der Waals surface area contributed by atoms with E-state index in [9.17, 15) is 8.42 Å². The van der Waals surface area contributed by atoms with Crippen LogP contribution in [0.5, 0.6) is 17.2 Å². The summed E-state index contributed by atoms with van der Waals surface area (Å²) in [6, 6.07) is 13.9. The van der Waals surface area contributed by atoms with Gasteiger partial charge in [-0.05, 0) is 54.1 Å². The van der Waals surface area contributed by atoms with Gasteiger partial charge in [0, 0.05) is 36.4 Å². The number of thiazole rings is 1. The van der Waals surface area contributed by atoms with Gasteiger partial charge >= 0.3 is 0 Å². The van der Waals surface area contributed by atoms with Crippen molar-refractivity contribution in [2.24, 2.45) is 10.1 Å². The van der Waals surface area contributed by atoms with Crippen LogP contribution in [0.2, 0.25) is 0 Å². The molecule has 1 fully saturated rings.